The molecule has 37 heavy (non-hydrogen) atoms. The summed E-state index contributed by atoms with van der Waals surface area (Å²) in [7, 11) is 0. The molecule has 4 aromatic rings. The molecule has 0 spiro atoms. The van der Waals surface area contributed by atoms with Crippen LogP contribution >= 0.6 is 0 Å². The summed E-state index contributed by atoms with van der Waals surface area (Å²) in [6, 6.07) is 24.5. The number of aliphatic hydroxyl groups is 1. The Morgan fingerprint density at radius 1 is 1.00 bits per heavy atom. The Morgan fingerprint density at radius 3 is 2.32 bits per heavy atom. The third kappa shape index (κ3) is 4.27. The van der Waals surface area contributed by atoms with Crippen molar-refractivity contribution in [3.63, 3.8) is 0 Å². The van der Waals surface area contributed by atoms with Crippen molar-refractivity contribution in [3.05, 3.63) is 101 Å². The molecule has 5 heteroatoms. The number of aliphatic hydroxyl groups excluding tert-OH is 1. The second-order valence-electron chi connectivity index (χ2n) is 10.6. The van der Waals surface area contributed by atoms with Gasteiger partial charge in [0.2, 0.25) is 0 Å². The van der Waals surface area contributed by atoms with Crippen molar-refractivity contribution in [2.75, 3.05) is 0 Å². The maximum Gasteiger partial charge on any atom is 0.314 e. The molecule has 1 aromatic heterocycles. The van der Waals surface area contributed by atoms with Crippen molar-refractivity contribution in [1.29, 1.82) is 0 Å². The van der Waals surface area contributed by atoms with E-state index < -0.39 is 17.5 Å². The number of benzene rings is 3. The monoisotopic (exact) mass is 493 g/mol. The fraction of sp³-hybridized carbons (Fsp3) is 0.312. The summed E-state index contributed by atoms with van der Waals surface area (Å²) in [6.45, 7) is 1.89. The molecule has 1 unspecified atom stereocenters. The van der Waals surface area contributed by atoms with Crippen LogP contribution in [0.2, 0.25) is 0 Å². The van der Waals surface area contributed by atoms with Crippen LogP contribution in [0.15, 0.2) is 77.3 Å². The maximum absolute atomic E-state index is 11.6. The summed E-state index contributed by atoms with van der Waals surface area (Å²) in [5.74, 6) is 0.374. The highest BCUT2D eigenvalue weighted by atomic mass is 16.5. The first-order valence-electron chi connectivity index (χ1n) is 13.1. The van der Waals surface area contributed by atoms with Crippen LogP contribution in [0.5, 0.6) is 0 Å². The number of aromatic nitrogens is 1. The summed E-state index contributed by atoms with van der Waals surface area (Å²) in [5, 5.41) is 24.9. The third-order valence-corrected chi connectivity index (χ3v) is 8.36. The molecule has 0 radical (unpaired) electrons. The van der Waals surface area contributed by atoms with Crippen molar-refractivity contribution in [2.45, 2.75) is 62.9 Å². The van der Waals surface area contributed by atoms with Crippen LogP contribution in [0.3, 0.4) is 0 Å². The zero-order valence-electron chi connectivity index (χ0n) is 21.0. The number of carboxylic acid groups (broad SMARTS) is 1. The molecule has 188 valence electrons. The van der Waals surface area contributed by atoms with Gasteiger partial charge in [-0.2, -0.15) is 0 Å². The molecule has 0 aliphatic heterocycles. The lowest BCUT2D eigenvalue weighted by Crippen LogP contribution is -2.19. The van der Waals surface area contributed by atoms with Crippen LogP contribution in [0.4, 0.5) is 0 Å². The van der Waals surface area contributed by atoms with Gasteiger partial charge in [-0.3, -0.25) is 4.79 Å². The van der Waals surface area contributed by atoms with Gasteiger partial charge in [-0.25, -0.2) is 0 Å². The highest BCUT2D eigenvalue weighted by molar-refractivity contribution is 5.85. The van der Waals surface area contributed by atoms with E-state index >= 15 is 0 Å². The Hall–Kier alpha value is -3.70. The van der Waals surface area contributed by atoms with Gasteiger partial charge in [0.05, 0.1) is 22.8 Å². The molecule has 1 heterocycles. The van der Waals surface area contributed by atoms with E-state index in [-0.39, 0.29) is 0 Å². The topological polar surface area (TPSA) is 83.6 Å². The summed E-state index contributed by atoms with van der Waals surface area (Å²) < 4.78 is 5.69. The van der Waals surface area contributed by atoms with Crippen molar-refractivity contribution < 1.29 is 19.5 Å². The molecule has 2 aliphatic rings. The lowest BCUT2D eigenvalue weighted by Gasteiger charge is -2.16. The molecule has 5 nitrogen and oxygen atoms in total. The molecule has 2 aliphatic carbocycles. The van der Waals surface area contributed by atoms with E-state index in [0.29, 0.717) is 30.9 Å². The van der Waals surface area contributed by atoms with Crippen LogP contribution in [0.1, 0.15) is 72.1 Å². The van der Waals surface area contributed by atoms with Gasteiger partial charge in [-0.15, -0.1) is 0 Å². The zero-order chi connectivity index (χ0) is 25.6. The molecular weight excluding hydrogens is 462 g/mol. The number of carboxylic acids is 1. The standard InChI is InChI=1S/C32H31NO4/c1-20-29(28(34)17-14-24-9-8-23-4-2-3-5-27(23)24)30(37-33-20)25-10-6-21(7-11-25)22-12-15-26(16-13-22)32(18-19-32)31(35)36/h2-7,10-13,15-16,24,28,34H,8-9,14,17-19H2,1H3,(H,35,36)/t24-,28?/m1/s1. The molecule has 6 rings (SSSR count). The van der Waals surface area contributed by atoms with E-state index in [2.05, 4.69) is 29.4 Å². The minimum Gasteiger partial charge on any atom is -0.481 e. The number of aliphatic carboxylic acids is 1. The molecule has 0 bridgehead atoms. The highest BCUT2D eigenvalue weighted by Crippen LogP contribution is 2.48. The zero-order valence-corrected chi connectivity index (χ0v) is 21.0. The van der Waals surface area contributed by atoms with Crippen LogP contribution < -0.4 is 0 Å². The Bertz CT molecular complexity index is 1430. The second-order valence-corrected chi connectivity index (χ2v) is 10.6. The highest BCUT2D eigenvalue weighted by Gasteiger charge is 2.51. The number of hydrogen-bond donors (Lipinski definition) is 2. The Balaban J connectivity index is 1.17. The average Bonchev–Trinajstić information content (AvgIpc) is 3.51. The molecule has 1 fully saturated rings. The SMILES string of the molecule is Cc1noc(-c2ccc(-c3ccc(C4(C(=O)O)CC4)cc3)cc2)c1C(O)CC[C@H]1CCc2ccccc21. The molecular formula is C32H31NO4. The van der Waals surface area contributed by atoms with Gasteiger partial charge in [0, 0.05) is 5.56 Å². The van der Waals surface area contributed by atoms with Gasteiger partial charge < -0.3 is 14.7 Å². The molecule has 2 atom stereocenters. The molecule has 2 N–H and O–H groups in total. The quantitative estimate of drug-likeness (QED) is 0.277. The van der Waals surface area contributed by atoms with Crippen LogP contribution in [0.25, 0.3) is 22.5 Å². The van der Waals surface area contributed by atoms with Gasteiger partial charge in [-0.1, -0.05) is 78.0 Å². The number of hydrogen-bond acceptors (Lipinski definition) is 4. The third-order valence-electron chi connectivity index (χ3n) is 8.36. The van der Waals surface area contributed by atoms with Gasteiger partial charge in [-0.05, 0) is 79.2 Å². The first-order valence-corrected chi connectivity index (χ1v) is 13.1. The second kappa shape index (κ2) is 9.31. The molecule has 3 aromatic carbocycles. The predicted octanol–water partition coefficient (Wildman–Crippen LogP) is 6.98. The summed E-state index contributed by atoms with van der Waals surface area (Å²) in [5.41, 5.74) is 7.49. The smallest absolute Gasteiger partial charge is 0.314 e. The van der Waals surface area contributed by atoms with Crippen LogP contribution in [-0.4, -0.2) is 21.3 Å². The van der Waals surface area contributed by atoms with E-state index in [1.807, 2.05) is 55.5 Å². The normalized spacial score (nSPS) is 18.4. The van der Waals surface area contributed by atoms with E-state index in [9.17, 15) is 15.0 Å². The van der Waals surface area contributed by atoms with E-state index in [0.717, 1.165) is 52.8 Å². The molecule has 0 saturated heterocycles. The van der Waals surface area contributed by atoms with Crippen molar-refractivity contribution in [2.24, 2.45) is 0 Å². The number of fused-ring (bicyclic) bond motifs is 1. The van der Waals surface area contributed by atoms with Gasteiger partial charge in [0.1, 0.15) is 0 Å². The summed E-state index contributed by atoms with van der Waals surface area (Å²) >= 11 is 0. The van der Waals surface area contributed by atoms with Crippen LogP contribution in [0, 0.1) is 6.92 Å². The van der Waals surface area contributed by atoms with Gasteiger partial charge >= 0.3 is 5.97 Å². The van der Waals surface area contributed by atoms with Crippen LogP contribution in [-0.2, 0) is 16.6 Å². The first kappa shape index (κ1) is 23.7. The van der Waals surface area contributed by atoms with Gasteiger partial charge in [0.25, 0.3) is 0 Å². The van der Waals surface area contributed by atoms with E-state index in [1.54, 1.807) is 0 Å². The minimum atomic E-state index is -0.738. The summed E-state index contributed by atoms with van der Waals surface area (Å²) in [4.78, 5) is 11.6. The van der Waals surface area contributed by atoms with Crippen molar-refractivity contribution >= 4 is 5.97 Å². The average molecular weight is 494 g/mol. The predicted molar refractivity (Wildman–Crippen MR) is 142 cm³/mol. The van der Waals surface area contributed by atoms with E-state index in [1.165, 1.54) is 11.1 Å². The van der Waals surface area contributed by atoms with Gasteiger partial charge in [0.15, 0.2) is 5.76 Å². The van der Waals surface area contributed by atoms with Crippen molar-refractivity contribution in [3.8, 4) is 22.5 Å². The fourth-order valence-corrected chi connectivity index (χ4v) is 5.97. The molecule has 0 amide bonds. The fourth-order valence-electron chi connectivity index (χ4n) is 5.97. The molecule has 1 saturated carbocycles. The largest absolute Gasteiger partial charge is 0.481 e. The maximum atomic E-state index is 11.6. The number of carbonyl (C=O) groups is 1. The Labute approximate surface area is 216 Å². The first-order chi connectivity index (χ1) is 18.0. The Kier molecular flexibility index (Phi) is 5.96. The lowest BCUT2D eigenvalue weighted by atomic mass is 9.91. The minimum absolute atomic E-state index is 0.491. The summed E-state index contributed by atoms with van der Waals surface area (Å²) in [6.07, 6.45) is 4.62. The lowest BCUT2D eigenvalue weighted by molar-refractivity contribution is -0.140. The number of rotatable bonds is 8. The number of nitrogens with zero attached hydrogens (tertiary/aromatic N) is 1. The Morgan fingerprint density at radius 2 is 1.65 bits per heavy atom. The van der Waals surface area contributed by atoms with Crippen molar-refractivity contribution in [1.82, 2.24) is 5.16 Å². The van der Waals surface area contributed by atoms with E-state index in [4.69, 9.17) is 4.52 Å². The number of aryl methyl sites for hydroxylation is 2.